The van der Waals surface area contributed by atoms with Gasteiger partial charge in [0.25, 0.3) is 0 Å². The first-order chi connectivity index (χ1) is 9.02. The molecule has 0 aliphatic carbocycles. The van der Waals surface area contributed by atoms with Gasteiger partial charge in [-0.2, -0.15) is 5.10 Å². The van der Waals surface area contributed by atoms with Crippen LogP contribution in [0.2, 0.25) is 0 Å². The van der Waals surface area contributed by atoms with E-state index in [1.54, 1.807) is 11.8 Å². The minimum absolute atomic E-state index is 0.258. The van der Waals surface area contributed by atoms with Gasteiger partial charge in [-0.25, -0.2) is 0 Å². The molecule has 0 aliphatic heterocycles. The number of thioether (sulfide) groups is 1. The van der Waals surface area contributed by atoms with E-state index in [0.717, 1.165) is 11.4 Å². The molecule has 0 saturated heterocycles. The van der Waals surface area contributed by atoms with Crippen LogP contribution in [-0.4, -0.2) is 16.0 Å². The number of aryl methyl sites for hydroxylation is 2. The summed E-state index contributed by atoms with van der Waals surface area (Å²) in [5, 5.41) is 8.02. The lowest BCUT2D eigenvalue weighted by Crippen LogP contribution is -2.08. The van der Waals surface area contributed by atoms with Crippen molar-refractivity contribution in [3.8, 4) is 0 Å². The third kappa shape index (κ3) is 2.95. The fourth-order valence-electron chi connectivity index (χ4n) is 2.43. The van der Waals surface area contributed by atoms with E-state index < -0.39 is 0 Å². The second-order valence-corrected chi connectivity index (χ2v) is 5.68. The molecular weight excluding hydrogens is 254 g/mol. The van der Waals surface area contributed by atoms with Gasteiger partial charge in [-0.3, -0.25) is 4.68 Å². The Morgan fingerprint density at radius 3 is 2.32 bits per heavy atom. The summed E-state index contributed by atoms with van der Waals surface area (Å²) in [4.78, 5) is 1.28. The molecule has 0 saturated carbocycles. The molecule has 1 aromatic carbocycles. The maximum absolute atomic E-state index is 4.47. The van der Waals surface area contributed by atoms with Crippen molar-refractivity contribution in [1.29, 1.82) is 0 Å². The zero-order valence-electron chi connectivity index (χ0n) is 12.2. The van der Waals surface area contributed by atoms with E-state index in [4.69, 9.17) is 0 Å². The Balaban J connectivity index is 2.18. The predicted molar refractivity (Wildman–Crippen MR) is 82.9 cm³/mol. The quantitative estimate of drug-likeness (QED) is 0.857. The molecule has 0 bridgehead atoms. The summed E-state index contributed by atoms with van der Waals surface area (Å²) < 4.78 is 1.94. The van der Waals surface area contributed by atoms with Crippen LogP contribution in [0.25, 0.3) is 0 Å². The van der Waals surface area contributed by atoms with E-state index in [2.05, 4.69) is 61.7 Å². The van der Waals surface area contributed by atoms with Gasteiger partial charge >= 0.3 is 0 Å². The molecule has 102 valence electrons. The molecule has 1 atom stereocenters. The third-order valence-electron chi connectivity index (χ3n) is 3.47. The SMILES string of the molecule is CSc1ccc(NC(C)c2c(C)nn(C)c2C)cc1. The van der Waals surface area contributed by atoms with Gasteiger partial charge in [0.15, 0.2) is 0 Å². The highest BCUT2D eigenvalue weighted by Gasteiger charge is 2.15. The Bertz CT molecular complexity index is 558. The molecule has 0 radical (unpaired) electrons. The highest BCUT2D eigenvalue weighted by Crippen LogP contribution is 2.25. The topological polar surface area (TPSA) is 29.9 Å². The van der Waals surface area contributed by atoms with Crippen molar-refractivity contribution in [3.05, 3.63) is 41.2 Å². The third-order valence-corrected chi connectivity index (χ3v) is 4.21. The Labute approximate surface area is 119 Å². The number of hydrogen-bond acceptors (Lipinski definition) is 3. The first-order valence-electron chi connectivity index (χ1n) is 6.43. The molecule has 2 rings (SSSR count). The summed E-state index contributed by atoms with van der Waals surface area (Å²) in [6, 6.07) is 8.80. The van der Waals surface area contributed by atoms with Gasteiger partial charge in [-0.1, -0.05) is 0 Å². The highest BCUT2D eigenvalue weighted by molar-refractivity contribution is 7.98. The molecule has 0 fully saturated rings. The maximum atomic E-state index is 4.47. The van der Waals surface area contributed by atoms with Crippen LogP contribution in [0.1, 0.15) is 29.9 Å². The fraction of sp³-hybridized carbons (Fsp3) is 0.400. The van der Waals surface area contributed by atoms with Gasteiger partial charge in [-0.05, 0) is 51.3 Å². The van der Waals surface area contributed by atoms with E-state index in [-0.39, 0.29) is 6.04 Å². The molecule has 2 aromatic rings. The number of nitrogens with zero attached hydrogens (tertiary/aromatic N) is 2. The normalized spacial score (nSPS) is 12.5. The van der Waals surface area contributed by atoms with E-state index in [9.17, 15) is 0 Å². The lowest BCUT2D eigenvalue weighted by Gasteiger charge is -2.16. The molecular formula is C15H21N3S. The largest absolute Gasteiger partial charge is 0.378 e. The molecule has 3 nitrogen and oxygen atoms in total. The maximum Gasteiger partial charge on any atom is 0.0649 e. The van der Waals surface area contributed by atoms with Gasteiger partial charge in [0.1, 0.15) is 0 Å². The van der Waals surface area contributed by atoms with Crippen molar-refractivity contribution in [3.63, 3.8) is 0 Å². The zero-order chi connectivity index (χ0) is 14.0. The second-order valence-electron chi connectivity index (χ2n) is 4.80. The number of aromatic nitrogens is 2. The summed E-state index contributed by atoms with van der Waals surface area (Å²) in [7, 11) is 1.99. The molecule has 19 heavy (non-hydrogen) atoms. The molecule has 0 spiro atoms. The number of anilines is 1. The van der Waals surface area contributed by atoms with Crippen LogP contribution < -0.4 is 5.32 Å². The molecule has 1 aromatic heterocycles. The van der Waals surface area contributed by atoms with E-state index in [1.165, 1.54) is 16.2 Å². The molecule has 1 N–H and O–H groups in total. The standard InChI is InChI=1S/C15H21N3S/c1-10(15-11(2)17-18(4)12(15)3)16-13-6-8-14(19-5)9-7-13/h6-10,16H,1-5H3. The van der Waals surface area contributed by atoms with Crippen molar-refractivity contribution in [2.24, 2.45) is 7.05 Å². The second kappa shape index (κ2) is 5.70. The van der Waals surface area contributed by atoms with Crippen molar-refractivity contribution in [2.75, 3.05) is 11.6 Å². The van der Waals surface area contributed by atoms with E-state index in [0.29, 0.717) is 0 Å². The van der Waals surface area contributed by atoms with Gasteiger partial charge < -0.3 is 5.32 Å². The Hall–Kier alpha value is -1.42. The molecule has 4 heteroatoms. The monoisotopic (exact) mass is 275 g/mol. The van der Waals surface area contributed by atoms with Crippen LogP contribution in [0.15, 0.2) is 29.2 Å². The number of hydrogen-bond donors (Lipinski definition) is 1. The summed E-state index contributed by atoms with van der Waals surface area (Å²) in [5.74, 6) is 0. The number of nitrogens with one attached hydrogen (secondary N) is 1. The first kappa shape index (κ1) is 14.0. The molecule has 0 aliphatic rings. The van der Waals surface area contributed by atoms with Crippen LogP contribution in [0.4, 0.5) is 5.69 Å². The average Bonchev–Trinajstić information content (AvgIpc) is 2.64. The van der Waals surface area contributed by atoms with E-state index >= 15 is 0 Å². The van der Waals surface area contributed by atoms with Crippen LogP contribution >= 0.6 is 11.8 Å². The van der Waals surface area contributed by atoms with Crippen LogP contribution in [0.5, 0.6) is 0 Å². The summed E-state index contributed by atoms with van der Waals surface area (Å²) >= 11 is 1.76. The number of rotatable bonds is 4. The summed E-state index contributed by atoms with van der Waals surface area (Å²) in [6.07, 6.45) is 2.09. The van der Waals surface area contributed by atoms with Gasteiger partial charge in [-0.15, -0.1) is 11.8 Å². The van der Waals surface area contributed by atoms with Crippen molar-refractivity contribution >= 4 is 17.4 Å². The average molecular weight is 275 g/mol. The number of benzene rings is 1. The minimum atomic E-state index is 0.258. The smallest absolute Gasteiger partial charge is 0.0649 e. The first-order valence-corrected chi connectivity index (χ1v) is 7.66. The minimum Gasteiger partial charge on any atom is -0.378 e. The van der Waals surface area contributed by atoms with Crippen LogP contribution in [0, 0.1) is 13.8 Å². The van der Waals surface area contributed by atoms with Crippen molar-refractivity contribution in [1.82, 2.24) is 9.78 Å². The predicted octanol–water partition coefficient (Wildman–Crippen LogP) is 3.93. The Morgan fingerprint density at radius 1 is 1.21 bits per heavy atom. The van der Waals surface area contributed by atoms with E-state index in [1.807, 2.05) is 11.7 Å². The Kier molecular flexibility index (Phi) is 4.20. The van der Waals surface area contributed by atoms with Gasteiger partial charge in [0, 0.05) is 28.9 Å². The van der Waals surface area contributed by atoms with Crippen LogP contribution in [0.3, 0.4) is 0 Å². The van der Waals surface area contributed by atoms with Gasteiger partial charge in [0.05, 0.1) is 11.7 Å². The van der Waals surface area contributed by atoms with Crippen molar-refractivity contribution in [2.45, 2.75) is 31.7 Å². The molecule has 0 amide bonds. The lowest BCUT2D eigenvalue weighted by atomic mass is 10.1. The van der Waals surface area contributed by atoms with Gasteiger partial charge in [0.2, 0.25) is 0 Å². The zero-order valence-corrected chi connectivity index (χ0v) is 13.0. The van der Waals surface area contributed by atoms with Crippen molar-refractivity contribution < 1.29 is 0 Å². The van der Waals surface area contributed by atoms with Crippen LogP contribution in [-0.2, 0) is 7.05 Å². The highest BCUT2D eigenvalue weighted by atomic mass is 32.2. The Morgan fingerprint density at radius 2 is 1.84 bits per heavy atom. The molecule has 1 heterocycles. The summed E-state index contributed by atoms with van der Waals surface area (Å²) in [5.41, 5.74) is 4.75. The lowest BCUT2D eigenvalue weighted by molar-refractivity contribution is 0.728. The fourth-order valence-corrected chi connectivity index (χ4v) is 2.83. The molecule has 1 unspecified atom stereocenters. The summed E-state index contributed by atoms with van der Waals surface area (Å²) in [6.45, 7) is 6.36.